The third kappa shape index (κ3) is 2.07. The Morgan fingerprint density at radius 3 is 2.83 bits per heavy atom. The van der Waals surface area contributed by atoms with E-state index in [1.165, 1.54) is 29.6 Å². The van der Waals surface area contributed by atoms with E-state index in [-0.39, 0.29) is 11.2 Å². The van der Waals surface area contributed by atoms with Gasteiger partial charge >= 0.3 is 0 Å². The predicted octanol–water partition coefficient (Wildman–Crippen LogP) is 4.56. The highest BCUT2D eigenvalue weighted by molar-refractivity contribution is 5.94. The molecule has 0 spiro atoms. The van der Waals surface area contributed by atoms with Gasteiger partial charge in [0, 0.05) is 18.3 Å². The number of allylic oxidation sites excluding steroid dienone is 5. The second kappa shape index (κ2) is 5.29. The second-order valence-electron chi connectivity index (χ2n) is 8.07. The monoisotopic (exact) mass is 310 g/mol. The highest BCUT2D eigenvalue weighted by Crippen LogP contribution is 2.61. The van der Waals surface area contributed by atoms with Crippen LogP contribution < -0.4 is 0 Å². The largest absolute Gasteiger partial charge is 0.299 e. The van der Waals surface area contributed by atoms with Gasteiger partial charge in [0.25, 0.3) is 0 Å². The van der Waals surface area contributed by atoms with Gasteiger partial charge in [-0.25, -0.2) is 0 Å². The Bertz CT molecular complexity index is 651. The molecule has 0 unspecified atom stereocenters. The molecule has 2 heteroatoms. The summed E-state index contributed by atoms with van der Waals surface area (Å²) in [5.74, 6) is 2.28. The lowest BCUT2D eigenvalue weighted by atomic mass is 9.55. The normalized spacial score (nSPS) is 39.5. The van der Waals surface area contributed by atoms with E-state index in [4.69, 9.17) is 0 Å². The fourth-order valence-electron chi connectivity index (χ4n) is 6.01. The third-order valence-electron chi connectivity index (χ3n) is 7.24. The van der Waals surface area contributed by atoms with Crippen LogP contribution >= 0.6 is 0 Å². The molecule has 0 saturated heterocycles. The van der Waals surface area contributed by atoms with Crippen LogP contribution in [0.4, 0.5) is 0 Å². The number of carbonyl (C=O) groups is 2. The van der Waals surface area contributed by atoms with Crippen molar-refractivity contribution in [2.24, 2.45) is 23.2 Å². The standard InChI is InChI=1S/C21H26O2/c1-3-4-14-6-10-19-17-8-5-13-11-15(22)7-9-16(13)18(17)12-20(23)21(14,19)2/h3,11,14,17,19H,1,4-10,12H2,2H3/t14-,17-,19+,21-/m1/s1. The Morgan fingerprint density at radius 2 is 2.04 bits per heavy atom. The molecule has 0 bridgehead atoms. The topological polar surface area (TPSA) is 34.1 Å². The number of hydrogen-bond acceptors (Lipinski definition) is 2. The van der Waals surface area contributed by atoms with E-state index in [0.717, 1.165) is 25.7 Å². The Kier molecular flexibility index (Phi) is 3.48. The first-order valence-electron chi connectivity index (χ1n) is 9.15. The molecule has 23 heavy (non-hydrogen) atoms. The summed E-state index contributed by atoms with van der Waals surface area (Å²) in [6, 6.07) is 0. The Labute approximate surface area is 138 Å². The van der Waals surface area contributed by atoms with Crippen molar-refractivity contribution in [3.63, 3.8) is 0 Å². The molecule has 4 aliphatic rings. The molecule has 4 atom stereocenters. The first kappa shape index (κ1) is 15.1. The van der Waals surface area contributed by atoms with E-state index in [9.17, 15) is 9.59 Å². The molecule has 0 aromatic carbocycles. The lowest BCUT2D eigenvalue weighted by molar-refractivity contribution is -0.135. The van der Waals surface area contributed by atoms with E-state index in [1.807, 2.05) is 12.2 Å². The molecule has 4 aliphatic carbocycles. The number of fused-ring (bicyclic) bond motifs is 4. The zero-order valence-corrected chi connectivity index (χ0v) is 14.1. The number of rotatable bonds is 2. The number of Topliss-reactive ketones (excluding diaryl/α,β-unsaturated/α-hetero) is 1. The number of hydrogen-bond donors (Lipinski definition) is 0. The molecule has 0 N–H and O–H groups in total. The molecular weight excluding hydrogens is 284 g/mol. The SMILES string of the molecule is C=CC[C@@H]1CC[C@H]2[C@@H]3CCC4=CC(=O)CCC4=C3CC(=O)[C@]12C. The first-order chi connectivity index (χ1) is 11.1. The van der Waals surface area contributed by atoms with Crippen LogP contribution in [-0.4, -0.2) is 11.6 Å². The van der Waals surface area contributed by atoms with Gasteiger partial charge in [0.2, 0.25) is 0 Å². The maximum atomic E-state index is 13.1. The molecule has 4 rings (SSSR count). The van der Waals surface area contributed by atoms with Gasteiger partial charge in [-0.2, -0.15) is 0 Å². The minimum atomic E-state index is -0.144. The van der Waals surface area contributed by atoms with Crippen molar-refractivity contribution in [2.75, 3.05) is 0 Å². The third-order valence-corrected chi connectivity index (χ3v) is 7.24. The number of carbonyl (C=O) groups excluding carboxylic acids is 2. The van der Waals surface area contributed by atoms with Crippen molar-refractivity contribution in [3.8, 4) is 0 Å². The quantitative estimate of drug-likeness (QED) is 0.700. The van der Waals surface area contributed by atoms with E-state index in [0.29, 0.717) is 36.4 Å². The Morgan fingerprint density at radius 1 is 1.22 bits per heavy atom. The van der Waals surface area contributed by atoms with Crippen LogP contribution in [0.3, 0.4) is 0 Å². The highest BCUT2D eigenvalue weighted by Gasteiger charge is 2.57. The zero-order valence-electron chi connectivity index (χ0n) is 14.1. The minimum absolute atomic E-state index is 0.144. The van der Waals surface area contributed by atoms with Crippen LogP contribution in [0.5, 0.6) is 0 Å². The van der Waals surface area contributed by atoms with E-state index < -0.39 is 0 Å². The average molecular weight is 310 g/mol. The van der Waals surface area contributed by atoms with E-state index >= 15 is 0 Å². The molecule has 2 nitrogen and oxygen atoms in total. The summed E-state index contributed by atoms with van der Waals surface area (Å²) in [4.78, 5) is 24.8. The average Bonchev–Trinajstić information content (AvgIpc) is 2.86. The molecule has 0 heterocycles. The molecule has 2 saturated carbocycles. The Balaban J connectivity index is 1.75. The molecule has 0 aliphatic heterocycles. The van der Waals surface area contributed by atoms with Gasteiger partial charge < -0.3 is 0 Å². The van der Waals surface area contributed by atoms with Crippen molar-refractivity contribution < 1.29 is 9.59 Å². The molecule has 122 valence electrons. The van der Waals surface area contributed by atoms with Crippen LogP contribution in [0.1, 0.15) is 58.3 Å². The van der Waals surface area contributed by atoms with Crippen molar-refractivity contribution in [1.29, 1.82) is 0 Å². The summed E-state index contributed by atoms with van der Waals surface area (Å²) in [6.07, 6.45) is 11.5. The van der Waals surface area contributed by atoms with Crippen LogP contribution in [-0.2, 0) is 9.59 Å². The summed E-state index contributed by atoms with van der Waals surface area (Å²) in [6.45, 7) is 6.13. The molecule has 0 amide bonds. The zero-order chi connectivity index (χ0) is 16.2. The van der Waals surface area contributed by atoms with Gasteiger partial charge in [-0.3, -0.25) is 9.59 Å². The lowest BCUT2D eigenvalue weighted by Gasteiger charge is -2.48. The summed E-state index contributed by atoms with van der Waals surface area (Å²) in [7, 11) is 0. The van der Waals surface area contributed by atoms with Crippen molar-refractivity contribution >= 4 is 11.6 Å². The smallest absolute Gasteiger partial charge is 0.156 e. The van der Waals surface area contributed by atoms with Gasteiger partial charge in [0.15, 0.2) is 5.78 Å². The summed E-state index contributed by atoms with van der Waals surface area (Å²) in [5.41, 5.74) is 3.88. The summed E-state index contributed by atoms with van der Waals surface area (Å²) < 4.78 is 0. The fraction of sp³-hybridized carbons (Fsp3) is 0.619. The highest BCUT2D eigenvalue weighted by atomic mass is 16.1. The van der Waals surface area contributed by atoms with Gasteiger partial charge in [0.05, 0.1) is 0 Å². The van der Waals surface area contributed by atoms with Crippen molar-refractivity contribution in [1.82, 2.24) is 0 Å². The predicted molar refractivity (Wildman–Crippen MR) is 90.8 cm³/mol. The van der Waals surface area contributed by atoms with Crippen molar-refractivity contribution in [3.05, 3.63) is 35.5 Å². The fourth-order valence-corrected chi connectivity index (χ4v) is 6.01. The second-order valence-corrected chi connectivity index (χ2v) is 8.07. The Hall–Kier alpha value is -1.44. The van der Waals surface area contributed by atoms with Crippen LogP contribution in [0.15, 0.2) is 35.5 Å². The van der Waals surface area contributed by atoms with Crippen LogP contribution in [0, 0.1) is 23.2 Å². The van der Waals surface area contributed by atoms with E-state index in [2.05, 4.69) is 13.5 Å². The number of ketones is 2. The van der Waals surface area contributed by atoms with Crippen LogP contribution in [0.2, 0.25) is 0 Å². The molecular formula is C21H26O2. The molecule has 0 radical (unpaired) electrons. The first-order valence-corrected chi connectivity index (χ1v) is 9.15. The van der Waals surface area contributed by atoms with Crippen LogP contribution in [0.25, 0.3) is 0 Å². The van der Waals surface area contributed by atoms with Gasteiger partial charge in [-0.15, -0.1) is 6.58 Å². The van der Waals surface area contributed by atoms with Gasteiger partial charge in [-0.05, 0) is 73.5 Å². The lowest BCUT2D eigenvalue weighted by Crippen LogP contribution is -2.46. The van der Waals surface area contributed by atoms with E-state index in [1.54, 1.807) is 0 Å². The maximum Gasteiger partial charge on any atom is 0.156 e. The van der Waals surface area contributed by atoms with Gasteiger partial charge in [0.1, 0.15) is 5.78 Å². The molecule has 0 aromatic rings. The van der Waals surface area contributed by atoms with Gasteiger partial charge in [-0.1, -0.05) is 18.6 Å². The maximum absolute atomic E-state index is 13.1. The molecule has 0 aromatic heterocycles. The molecule has 2 fully saturated rings. The van der Waals surface area contributed by atoms with Crippen molar-refractivity contribution in [2.45, 2.75) is 58.3 Å². The summed E-state index contributed by atoms with van der Waals surface area (Å²) in [5, 5.41) is 0. The summed E-state index contributed by atoms with van der Waals surface area (Å²) >= 11 is 0. The minimum Gasteiger partial charge on any atom is -0.299 e.